The molecule has 2 rings (SSSR count). The molecule has 25 heavy (non-hydrogen) atoms. The van der Waals surface area contributed by atoms with Crippen molar-refractivity contribution in [3.05, 3.63) is 30.1 Å². The zero-order chi connectivity index (χ0) is 18.2. The van der Waals surface area contributed by atoms with Gasteiger partial charge in [-0.25, -0.2) is 9.18 Å². The molecule has 0 radical (unpaired) electrons. The Bertz CT molecular complexity index is 597. The van der Waals surface area contributed by atoms with Gasteiger partial charge in [0, 0.05) is 32.4 Å². The summed E-state index contributed by atoms with van der Waals surface area (Å²) >= 11 is 0. The maximum atomic E-state index is 13.1. The van der Waals surface area contributed by atoms with Crippen LogP contribution in [0, 0.1) is 11.7 Å². The van der Waals surface area contributed by atoms with Crippen molar-refractivity contribution in [3.8, 4) is 0 Å². The number of piperidine rings is 1. The molecule has 1 aliphatic rings. The number of nitrogens with one attached hydrogen (secondary N) is 2. The molecule has 0 aromatic heterocycles. The molecule has 1 saturated heterocycles. The van der Waals surface area contributed by atoms with E-state index in [1.54, 1.807) is 13.2 Å². The number of methoxy groups -OCH3 is 1. The third-order valence-corrected chi connectivity index (χ3v) is 4.37. The standard InChI is InChI=1S/C18H26FN3O3/c1-13(25-2)9-17(23)22-8-4-5-14(12-22)11-20-18(24)21-16-7-3-6-15(19)10-16/h3,6-7,10,13-14H,4-5,8-9,11-12H2,1-2H3,(H2,20,21,24). The highest BCUT2D eigenvalue weighted by Crippen LogP contribution is 2.17. The molecule has 0 bridgehead atoms. The van der Waals surface area contributed by atoms with E-state index in [0.29, 0.717) is 25.2 Å². The summed E-state index contributed by atoms with van der Waals surface area (Å²) < 4.78 is 18.3. The summed E-state index contributed by atoms with van der Waals surface area (Å²) in [7, 11) is 1.60. The Morgan fingerprint density at radius 3 is 2.96 bits per heavy atom. The number of nitrogens with zero attached hydrogens (tertiary/aromatic N) is 1. The molecule has 1 aromatic rings. The number of amides is 3. The van der Waals surface area contributed by atoms with Gasteiger partial charge in [-0.15, -0.1) is 0 Å². The van der Waals surface area contributed by atoms with Crippen molar-refractivity contribution in [2.45, 2.75) is 32.3 Å². The lowest BCUT2D eigenvalue weighted by Gasteiger charge is -2.33. The van der Waals surface area contributed by atoms with Crippen molar-refractivity contribution in [1.29, 1.82) is 0 Å². The largest absolute Gasteiger partial charge is 0.381 e. The first-order valence-electron chi connectivity index (χ1n) is 8.59. The maximum Gasteiger partial charge on any atom is 0.319 e. The van der Waals surface area contributed by atoms with Crippen molar-refractivity contribution in [1.82, 2.24) is 10.2 Å². The molecule has 7 heteroatoms. The van der Waals surface area contributed by atoms with Crippen LogP contribution in [0.4, 0.5) is 14.9 Å². The van der Waals surface area contributed by atoms with E-state index in [1.807, 2.05) is 11.8 Å². The first-order chi connectivity index (χ1) is 12.0. The predicted octanol–water partition coefficient (Wildman–Crippen LogP) is 2.61. The molecule has 0 aliphatic carbocycles. The Morgan fingerprint density at radius 1 is 1.44 bits per heavy atom. The molecule has 0 spiro atoms. The molecule has 2 N–H and O–H groups in total. The minimum absolute atomic E-state index is 0.0864. The molecule has 0 saturated carbocycles. The lowest BCUT2D eigenvalue weighted by Crippen LogP contribution is -2.45. The van der Waals surface area contributed by atoms with Crippen LogP contribution < -0.4 is 10.6 Å². The molecule has 2 unspecified atom stereocenters. The summed E-state index contributed by atoms with van der Waals surface area (Å²) in [5.74, 6) is -0.0957. The highest BCUT2D eigenvalue weighted by Gasteiger charge is 2.24. The minimum Gasteiger partial charge on any atom is -0.381 e. The predicted molar refractivity (Wildman–Crippen MR) is 93.8 cm³/mol. The summed E-state index contributed by atoms with van der Waals surface area (Å²) in [6, 6.07) is 5.37. The van der Waals surface area contributed by atoms with E-state index in [9.17, 15) is 14.0 Å². The molecule has 1 aromatic carbocycles. The highest BCUT2D eigenvalue weighted by molar-refractivity contribution is 5.89. The maximum absolute atomic E-state index is 13.1. The molecular weight excluding hydrogens is 325 g/mol. The van der Waals surface area contributed by atoms with E-state index in [0.717, 1.165) is 19.4 Å². The topological polar surface area (TPSA) is 70.7 Å². The third-order valence-electron chi connectivity index (χ3n) is 4.37. The van der Waals surface area contributed by atoms with E-state index in [4.69, 9.17) is 4.74 Å². The second kappa shape index (κ2) is 9.36. The normalized spacial score (nSPS) is 18.5. The zero-order valence-electron chi connectivity index (χ0n) is 14.8. The number of likely N-dealkylation sites (tertiary alicyclic amines) is 1. The van der Waals surface area contributed by atoms with Crippen LogP contribution in [0.25, 0.3) is 0 Å². The first-order valence-corrected chi connectivity index (χ1v) is 8.59. The van der Waals surface area contributed by atoms with E-state index in [1.165, 1.54) is 18.2 Å². The molecule has 1 fully saturated rings. The van der Waals surface area contributed by atoms with Gasteiger partial charge in [0.15, 0.2) is 0 Å². The molecular formula is C18H26FN3O3. The van der Waals surface area contributed by atoms with Crippen LogP contribution in [0.3, 0.4) is 0 Å². The number of ether oxygens (including phenoxy) is 1. The smallest absolute Gasteiger partial charge is 0.319 e. The van der Waals surface area contributed by atoms with Crippen LogP contribution in [0.15, 0.2) is 24.3 Å². The summed E-state index contributed by atoms with van der Waals surface area (Å²) in [4.78, 5) is 26.0. The van der Waals surface area contributed by atoms with Gasteiger partial charge < -0.3 is 20.3 Å². The number of halogens is 1. The summed E-state index contributed by atoms with van der Waals surface area (Å²) in [6.07, 6.45) is 2.16. The number of urea groups is 1. The second-order valence-electron chi connectivity index (χ2n) is 6.44. The van der Waals surface area contributed by atoms with Gasteiger partial charge in [0.25, 0.3) is 0 Å². The Labute approximate surface area is 147 Å². The van der Waals surface area contributed by atoms with Crippen molar-refractivity contribution < 1.29 is 18.7 Å². The van der Waals surface area contributed by atoms with E-state index < -0.39 is 5.82 Å². The summed E-state index contributed by atoms with van der Waals surface area (Å²) in [6.45, 7) is 3.74. The molecule has 1 aliphatic heterocycles. The van der Waals surface area contributed by atoms with Crippen molar-refractivity contribution in [2.75, 3.05) is 32.1 Å². The van der Waals surface area contributed by atoms with Gasteiger partial charge in [-0.1, -0.05) is 6.07 Å². The lowest BCUT2D eigenvalue weighted by atomic mass is 9.97. The average molecular weight is 351 g/mol. The fourth-order valence-corrected chi connectivity index (χ4v) is 2.90. The van der Waals surface area contributed by atoms with Crippen LogP contribution >= 0.6 is 0 Å². The molecule has 3 amide bonds. The average Bonchev–Trinajstić information content (AvgIpc) is 2.60. The zero-order valence-corrected chi connectivity index (χ0v) is 14.8. The Balaban J connectivity index is 1.76. The Hall–Kier alpha value is -2.15. The van der Waals surface area contributed by atoms with Gasteiger partial charge in [0.2, 0.25) is 5.91 Å². The summed E-state index contributed by atoms with van der Waals surface area (Å²) in [5, 5.41) is 5.40. The van der Waals surface area contributed by atoms with Crippen molar-refractivity contribution in [3.63, 3.8) is 0 Å². The molecule has 1 heterocycles. The van der Waals surface area contributed by atoms with Crippen LogP contribution in [-0.2, 0) is 9.53 Å². The number of carbonyl (C=O) groups is 2. The second-order valence-corrected chi connectivity index (χ2v) is 6.44. The molecule has 2 atom stereocenters. The quantitative estimate of drug-likeness (QED) is 0.828. The van der Waals surface area contributed by atoms with Crippen LogP contribution in [0.5, 0.6) is 0 Å². The van der Waals surface area contributed by atoms with E-state index in [2.05, 4.69) is 10.6 Å². The SMILES string of the molecule is COC(C)CC(=O)N1CCCC(CNC(=O)Nc2cccc(F)c2)C1. The van der Waals surface area contributed by atoms with Gasteiger partial charge in [0.05, 0.1) is 12.5 Å². The Kier molecular flexibility index (Phi) is 7.18. The monoisotopic (exact) mass is 351 g/mol. The first kappa shape index (κ1) is 19.2. The highest BCUT2D eigenvalue weighted by atomic mass is 19.1. The van der Waals surface area contributed by atoms with Gasteiger partial charge >= 0.3 is 6.03 Å². The molecule has 6 nitrogen and oxygen atoms in total. The lowest BCUT2D eigenvalue weighted by molar-refractivity contribution is -0.135. The van der Waals surface area contributed by atoms with Gasteiger partial charge in [0.1, 0.15) is 5.82 Å². The number of hydrogen-bond acceptors (Lipinski definition) is 3. The number of carbonyl (C=O) groups excluding carboxylic acids is 2. The van der Waals surface area contributed by atoms with Gasteiger partial charge in [-0.2, -0.15) is 0 Å². The van der Waals surface area contributed by atoms with Gasteiger partial charge in [-0.05, 0) is 43.9 Å². The third kappa shape index (κ3) is 6.34. The minimum atomic E-state index is -0.399. The fourth-order valence-electron chi connectivity index (χ4n) is 2.90. The fraction of sp³-hybridized carbons (Fsp3) is 0.556. The van der Waals surface area contributed by atoms with Crippen LogP contribution in [-0.4, -0.2) is 49.7 Å². The van der Waals surface area contributed by atoms with Gasteiger partial charge in [-0.3, -0.25) is 4.79 Å². The van der Waals surface area contributed by atoms with E-state index >= 15 is 0 Å². The number of hydrogen-bond donors (Lipinski definition) is 2. The Morgan fingerprint density at radius 2 is 2.24 bits per heavy atom. The van der Waals surface area contributed by atoms with Crippen LogP contribution in [0.1, 0.15) is 26.2 Å². The van der Waals surface area contributed by atoms with Crippen LogP contribution in [0.2, 0.25) is 0 Å². The summed E-state index contributed by atoms with van der Waals surface area (Å²) in [5.41, 5.74) is 0.409. The molecule has 138 valence electrons. The van der Waals surface area contributed by atoms with Crippen molar-refractivity contribution in [2.24, 2.45) is 5.92 Å². The number of anilines is 1. The number of benzene rings is 1. The number of rotatable bonds is 6. The van der Waals surface area contributed by atoms with Crippen molar-refractivity contribution >= 4 is 17.6 Å². The van der Waals surface area contributed by atoms with E-state index in [-0.39, 0.29) is 24.0 Å².